The Hall–Kier alpha value is -2.44. The fourth-order valence-corrected chi connectivity index (χ4v) is 5.89. The van der Waals surface area contributed by atoms with Crippen LogP contribution >= 0.6 is 0 Å². The third kappa shape index (κ3) is 13.4. The second-order valence-corrected chi connectivity index (χ2v) is 13.1. The average molecular weight is 651 g/mol. The van der Waals surface area contributed by atoms with E-state index in [0.29, 0.717) is 10.8 Å². The molecule has 45 heavy (non-hydrogen) atoms. The number of hydrogen-bond donors (Lipinski definition) is 2. The van der Waals surface area contributed by atoms with E-state index in [1.165, 1.54) is 50.6 Å². The number of ether oxygens (including phenoxy) is 2. The van der Waals surface area contributed by atoms with Gasteiger partial charge in [0.15, 0.2) is 0 Å². The van der Waals surface area contributed by atoms with Gasteiger partial charge in [0.25, 0.3) is 5.91 Å². The Kier molecular flexibility index (Phi) is 13.1. The van der Waals surface area contributed by atoms with E-state index in [-0.39, 0.29) is 31.0 Å². The number of carbonyl (C=O) groups is 1. The molecule has 2 saturated carbocycles. The van der Waals surface area contributed by atoms with Crippen LogP contribution in [0.2, 0.25) is 0 Å². The lowest BCUT2D eigenvalue weighted by atomic mass is 9.95. The van der Waals surface area contributed by atoms with Gasteiger partial charge in [-0.25, -0.2) is 4.39 Å². The first-order valence-corrected chi connectivity index (χ1v) is 15.6. The predicted molar refractivity (Wildman–Crippen MR) is 159 cm³/mol. The van der Waals surface area contributed by atoms with Crippen molar-refractivity contribution < 1.29 is 45.0 Å². The van der Waals surface area contributed by atoms with E-state index in [1.807, 2.05) is 0 Å². The first kappa shape index (κ1) is 37.0. The molecule has 2 aliphatic rings. The summed E-state index contributed by atoms with van der Waals surface area (Å²) in [5.41, 5.74) is 2.85. The number of nitrogens with one attached hydrogen (secondary N) is 1. The Balaban J connectivity index is 0.000000292. The van der Waals surface area contributed by atoms with Crippen LogP contribution in [-0.4, -0.2) is 54.8 Å². The molecule has 1 amide bonds. The number of benzene rings is 2. The summed E-state index contributed by atoms with van der Waals surface area (Å²) in [7, 11) is 0. The Morgan fingerprint density at radius 3 is 1.87 bits per heavy atom. The van der Waals surface area contributed by atoms with Crippen molar-refractivity contribution >= 4 is 16.7 Å². The number of carbonyl (C=O) groups excluding carboxylic acids is 1. The molecule has 3 N–H and O–H groups in total. The lowest BCUT2D eigenvalue weighted by molar-refractivity contribution is -0.156. The maximum absolute atomic E-state index is 13.8. The molecule has 0 heterocycles. The number of halogens is 7. The number of rotatable bonds is 10. The Morgan fingerprint density at radius 1 is 0.800 bits per heavy atom. The lowest BCUT2D eigenvalue weighted by Crippen LogP contribution is -2.52. The average Bonchev–Trinajstić information content (AvgIpc) is 2.94. The van der Waals surface area contributed by atoms with E-state index in [1.54, 1.807) is 6.07 Å². The minimum absolute atomic E-state index is 0.0167. The second kappa shape index (κ2) is 15.9. The van der Waals surface area contributed by atoms with Gasteiger partial charge >= 0.3 is 12.4 Å². The lowest BCUT2D eigenvalue weighted by Gasteiger charge is -2.34. The van der Waals surface area contributed by atoms with Crippen molar-refractivity contribution in [3.63, 3.8) is 0 Å². The molecule has 2 fully saturated rings. The molecule has 2 aromatic rings. The molecule has 0 spiro atoms. The second-order valence-electron chi connectivity index (χ2n) is 13.1. The number of hydrogen-bond acceptors (Lipinski definition) is 4. The highest BCUT2D eigenvalue weighted by Crippen LogP contribution is 2.31. The van der Waals surface area contributed by atoms with Gasteiger partial charge in [0.2, 0.25) is 0 Å². The van der Waals surface area contributed by atoms with Crippen LogP contribution in [0.3, 0.4) is 0 Å². The van der Waals surface area contributed by atoms with Crippen LogP contribution in [-0.2, 0) is 9.47 Å². The van der Waals surface area contributed by atoms with Crippen LogP contribution in [0.5, 0.6) is 0 Å². The van der Waals surface area contributed by atoms with E-state index < -0.39 is 48.0 Å². The molecule has 2 aromatic carbocycles. The first-order chi connectivity index (χ1) is 20.9. The summed E-state index contributed by atoms with van der Waals surface area (Å²) in [5, 5.41) is 3.37. The topological polar surface area (TPSA) is 73.6 Å². The molecule has 0 saturated heterocycles. The van der Waals surface area contributed by atoms with E-state index >= 15 is 0 Å². The van der Waals surface area contributed by atoms with Crippen LogP contribution in [0.1, 0.15) is 101 Å². The maximum Gasteiger partial charge on any atom is 0.391 e. The molecule has 0 bridgehead atoms. The Morgan fingerprint density at radius 2 is 1.33 bits per heavy atom. The minimum Gasteiger partial charge on any atom is -0.376 e. The summed E-state index contributed by atoms with van der Waals surface area (Å²) in [6.07, 6.45) is -0.777. The monoisotopic (exact) mass is 650 g/mol. The standard InChI is InChI=1S/C22H25F4NO2.C11H20F3NO/c1-21(13-22(24,25)26,14-29-17-7-3-2-4-8-17)27-20(28)16-10-11-18-15(12-16)6-5-9-19(18)23;1-10(15,7-11(12,13)14)8-16-9-5-3-2-4-6-9/h5-6,9-12,17H,2-4,7-8,13-14H2,1H3,(H,27,28);9H,2-8,15H2,1H3. The highest BCUT2D eigenvalue weighted by molar-refractivity contribution is 5.99. The van der Waals surface area contributed by atoms with Crippen LogP contribution in [0.4, 0.5) is 30.7 Å². The van der Waals surface area contributed by atoms with Gasteiger partial charge in [-0.2, -0.15) is 26.3 Å². The van der Waals surface area contributed by atoms with Gasteiger partial charge in [-0.05, 0) is 63.1 Å². The van der Waals surface area contributed by atoms with E-state index in [4.69, 9.17) is 15.2 Å². The molecule has 254 valence electrons. The van der Waals surface area contributed by atoms with E-state index in [0.717, 1.165) is 57.8 Å². The zero-order valence-electron chi connectivity index (χ0n) is 26.0. The van der Waals surface area contributed by atoms with E-state index in [2.05, 4.69) is 5.32 Å². The molecular formula is C33H45F7N2O3. The third-order valence-corrected chi connectivity index (χ3v) is 8.09. The van der Waals surface area contributed by atoms with Crippen LogP contribution in [0, 0.1) is 5.82 Å². The number of fused-ring (bicyclic) bond motifs is 1. The summed E-state index contributed by atoms with van der Waals surface area (Å²) in [4.78, 5) is 12.7. The molecule has 5 nitrogen and oxygen atoms in total. The van der Waals surface area contributed by atoms with Gasteiger partial charge in [0.05, 0.1) is 43.8 Å². The van der Waals surface area contributed by atoms with E-state index in [9.17, 15) is 35.5 Å². The third-order valence-electron chi connectivity index (χ3n) is 8.09. The molecule has 0 aliphatic heterocycles. The van der Waals surface area contributed by atoms with Crippen molar-refractivity contribution in [3.8, 4) is 0 Å². The van der Waals surface area contributed by atoms with Crippen molar-refractivity contribution in [3.05, 3.63) is 47.8 Å². The summed E-state index contributed by atoms with van der Waals surface area (Å²) in [5.74, 6) is -1.06. The number of amides is 1. The van der Waals surface area contributed by atoms with Crippen molar-refractivity contribution in [1.82, 2.24) is 5.32 Å². The summed E-state index contributed by atoms with van der Waals surface area (Å²) in [6.45, 7) is 2.51. The Bertz CT molecular complexity index is 1220. The molecule has 0 radical (unpaired) electrons. The fraction of sp³-hybridized carbons (Fsp3) is 0.667. The molecule has 0 aromatic heterocycles. The van der Waals surface area contributed by atoms with Crippen LogP contribution < -0.4 is 11.1 Å². The zero-order valence-corrected chi connectivity index (χ0v) is 26.0. The smallest absolute Gasteiger partial charge is 0.376 e. The first-order valence-electron chi connectivity index (χ1n) is 15.6. The maximum atomic E-state index is 13.8. The molecule has 12 heteroatoms. The van der Waals surface area contributed by atoms with Crippen LogP contribution in [0.25, 0.3) is 10.8 Å². The quantitative estimate of drug-likeness (QED) is 0.252. The largest absolute Gasteiger partial charge is 0.391 e. The molecule has 2 aliphatic carbocycles. The van der Waals surface area contributed by atoms with Crippen molar-refractivity contribution in [2.75, 3.05) is 13.2 Å². The number of alkyl halides is 6. The number of nitrogens with two attached hydrogens (primary N) is 1. The SMILES string of the molecule is CC(COC1CCCCC1)(CC(F)(F)F)NC(=O)c1ccc2c(F)cccc2c1.CC(N)(COC1CCCCC1)CC(F)(F)F. The van der Waals surface area contributed by atoms with Crippen molar-refractivity contribution in [2.45, 2.75) is 127 Å². The highest BCUT2D eigenvalue weighted by atomic mass is 19.4. The fourth-order valence-electron chi connectivity index (χ4n) is 5.89. The molecule has 2 unspecified atom stereocenters. The minimum atomic E-state index is -4.45. The summed E-state index contributed by atoms with van der Waals surface area (Å²) < 4.78 is 101. The molecule has 4 rings (SSSR count). The van der Waals surface area contributed by atoms with Gasteiger partial charge in [0.1, 0.15) is 5.82 Å². The van der Waals surface area contributed by atoms with Gasteiger partial charge in [-0.15, -0.1) is 0 Å². The highest BCUT2D eigenvalue weighted by Gasteiger charge is 2.41. The summed E-state index contributed by atoms with van der Waals surface area (Å²) >= 11 is 0. The molecular weight excluding hydrogens is 605 g/mol. The Labute approximate surface area is 260 Å². The van der Waals surface area contributed by atoms with Gasteiger partial charge in [0, 0.05) is 16.5 Å². The normalized spacial score (nSPS) is 19.7. The van der Waals surface area contributed by atoms with Crippen molar-refractivity contribution in [2.24, 2.45) is 5.73 Å². The zero-order chi connectivity index (χ0) is 33.3. The van der Waals surface area contributed by atoms with Crippen LogP contribution in [0.15, 0.2) is 36.4 Å². The van der Waals surface area contributed by atoms with Gasteiger partial charge in [-0.3, -0.25) is 4.79 Å². The predicted octanol–water partition coefficient (Wildman–Crippen LogP) is 8.77. The van der Waals surface area contributed by atoms with Gasteiger partial charge in [-0.1, -0.05) is 56.7 Å². The summed E-state index contributed by atoms with van der Waals surface area (Å²) in [6, 6.07) is 8.83. The molecule has 2 atom stereocenters. The van der Waals surface area contributed by atoms with Crippen molar-refractivity contribution in [1.29, 1.82) is 0 Å². The van der Waals surface area contributed by atoms with Gasteiger partial charge < -0.3 is 20.5 Å².